The van der Waals surface area contributed by atoms with Crippen molar-refractivity contribution in [3.8, 4) is 0 Å². The average molecular weight is 215 g/mol. The van der Waals surface area contributed by atoms with E-state index in [1.54, 1.807) is 7.11 Å². The van der Waals surface area contributed by atoms with Crippen LogP contribution >= 0.6 is 0 Å². The van der Waals surface area contributed by atoms with E-state index in [4.69, 9.17) is 4.74 Å². The summed E-state index contributed by atoms with van der Waals surface area (Å²) in [5, 5.41) is 3.60. The van der Waals surface area contributed by atoms with Crippen LogP contribution < -0.4 is 5.32 Å². The third-order valence-electron chi connectivity index (χ3n) is 2.60. The molecular weight excluding hydrogens is 186 g/mol. The molecule has 0 amide bonds. The Morgan fingerprint density at radius 2 is 1.87 bits per heavy atom. The highest BCUT2D eigenvalue weighted by molar-refractivity contribution is 4.71. The zero-order valence-corrected chi connectivity index (χ0v) is 11.2. The normalized spacial score (nSPS) is 14.2. The molecular formula is C13H29NO. The van der Waals surface area contributed by atoms with Crippen molar-refractivity contribution in [2.24, 2.45) is 5.41 Å². The predicted octanol–water partition coefficient (Wildman–Crippen LogP) is 3.22. The molecule has 0 aliphatic heterocycles. The summed E-state index contributed by atoms with van der Waals surface area (Å²) in [5.74, 6) is 0. The van der Waals surface area contributed by atoms with Crippen molar-refractivity contribution in [3.63, 3.8) is 0 Å². The monoisotopic (exact) mass is 215 g/mol. The van der Waals surface area contributed by atoms with E-state index < -0.39 is 0 Å². The second-order valence-corrected chi connectivity index (χ2v) is 5.53. The second-order valence-electron chi connectivity index (χ2n) is 5.53. The van der Waals surface area contributed by atoms with Gasteiger partial charge in [-0.3, -0.25) is 0 Å². The molecule has 0 aromatic heterocycles. The van der Waals surface area contributed by atoms with Crippen molar-refractivity contribution >= 4 is 0 Å². The average Bonchev–Trinajstić information content (AvgIpc) is 2.15. The van der Waals surface area contributed by atoms with Gasteiger partial charge in [0.05, 0.1) is 0 Å². The Morgan fingerprint density at radius 3 is 2.33 bits per heavy atom. The number of rotatable bonds is 8. The van der Waals surface area contributed by atoms with Crippen LogP contribution in [0.2, 0.25) is 0 Å². The van der Waals surface area contributed by atoms with Crippen LogP contribution in [0.3, 0.4) is 0 Å². The van der Waals surface area contributed by atoms with Crippen molar-refractivity contribution in [3.05, 3.63) is 0 Å². The summed E-state index contributed by atoms with van der Waals surface area (Å²) in [6.45, 7) is 11.1. The molecule has 2 nitrogen and oxygen atoms in total. The lowest BCUT2D eigenvalue weighted by Gasteiger charge is -2.24. The molecule has 0 aromatic carbocycles. The molecule has 0 fully saturated rings. The van der Waals surface area contributed by atoms with E-state index >= 15 is 0 Å². The minimum absolute atomic E-state index is 0.444. The molecule has 1 unspecified atom stereocenters. The molecule has 0 aliphatic rings. The fourth-order valence-corrected chi connectivity index (χ4v) is 1.56. The highest BCUT2D eigenvalue weighted by Gasteiger charge is 2.14. The summed E-state index contributed by atoms with van der Waals surface area (Å²) >= 11 is 0. The first-order valence-electron chi connectivity index (χ1n) is 6.22. The Labute approximate surface area is 95.8 Å². The summed E-state index contributed by atoms with van der Waals surface area (Å²) in [6, 6.07) is 0.629. The van der Waals surface area contributed by atoms with Crippen LogP contribution in [-0.4, -0.2) is 26.3 Å². The zero-order valence-electron chi connectivity index (χ0n) is 11.2. The SMILES string of the molecule is CCCNC(CCOC)CCC(C)(C)C. The molecule has 0 saturated heterocycles. The molecule has 0 aromatic rings. The van der Waals surface area contributed by atoms with Gasteiger partial charge in [0.25, 0.3) is 0 Å². The zero-order chi connectivity index (χ0) is 11.7. The number of hydrogen-bond donors (Lipinski definition) is 1. The number of hydrogen-bond acceptors (Lipinski definition) is 2. The molecule has 0 saturated carbocycles. The first kappa shape index (κ1) is 14.9. The van der Waals surface area contributed by atoms with E-state index in [-0.39, 0.29) is 0 Å². The fraction of sp³-hybridized carbons (Fsp3) is 1.00. The largest absolute Gasteiger partial charge is 0.385 e. The molecule has 0 spiro atoms. The molecule has 1 atom stereocenters. The van der Waals surface area contributed by atoms with Crippen molar-refractivity contribution in [1.82, 2.24) is 5.32 Å². The molecule has 15 heavy (non-hydrogen) atoms. The van der Waals surface area contributed by atoms with Gasteiger partial charge in [-0.25, -0.2) is 0 Å². The lowest BCUT2D eigenvalue weighted by atomic mass is 9.88. The molecule has 0 rings (SSSR count). The van der Waals surface area contributed by atoms with Gasteiger partial charge in [0.1, 0.15) is 0 Å². The van der Waals surface area contributed by atoms with E-state index in [2.05, 4.69) is 33.0 Å². The van der Waals surface area contributed by atoms with E-state index in [1.165, 1.54) is 19.3 Å². The van der Waals surface area contributed by atoms with Gasteiger partial charge < -0.3 is 10.1 Å². The number of ether oxygens (including phenoxy) is 1. The van der Waals surface area contributed by atoms with Crippen LogP contribution in [0.25, 0.3) is 0 Å². The topological polar surface area (TPSA) is 21.3 Å². The first-order chi connectivity index (χ1) is 6.99. The maximum Gasteiger partial charge on any atom is 0.0477 e. The maximum atomic E-state index is 5.14. The number of nitrogens with one attached hydrogen (secondary N) is 1. The van der Waals surface area contributed by atoms with Crippen LogP contribution in [0.5, 0.6) is 0 Å². The smallest absolute Gasteiger partial charge is 0.0477 e. The van der Waals surface area contributed by atoms with Crippen molar-refractivity contribution in [1.29, 1.82) is 0 Å². The van der Waals surface area contributed by atoms with Crippen LogP contribution in [0, 0.1) is 5.41 Å². The summed E-state index contributed by atoms with van der Waals surface area (Å²) in [6.07, 6.45) is 4.87. The summed E-state index contributed by atoms with van der Waals surface area (Å²) in [5.41, 5.74) is 0.444. The Bertz CT molecular complexity index is 132. The van der Waals surface area contributed by atoms with E-state index in [0.29, 0.717) is 11.5 Å². The number of methoxy groups -OCH3 is 1. The van der Waals surface area contributed by atoms with Crippen molar-refractivity contribution < 1.29 is 4.74 Å². The van der Waals surface area contributed by atoms with Crippen LogP contribution in [-0.2, 0) is 4.74 Å². The minimum Gasteiger partial charge on any atom is -0.385 e. The van der Waals surface area contributed by atoms with E-state index in [1.807, 2.05) is 0 Å². The third kappa shape index (κ3) is 10.2. The van der Waals surface area contributed by atoms with Gasteiger partial charge in [-0.1, -0.05) is 27.7 Å². The molecule has 2 heteroatoms. The lowest BCUT2D eigenvalue weighted by molar-refractivity contribution is 0.177. The first-order valence-corrected chi connectivity index (χ1v) is 6.22. The van der Waals surface area contributed by atoms with Gasteiger partial charge in [0.2, 0.25) is 0 Å². The summed E-state index contributed by atoms with van der Waals surface area (Å²) in [7, 11) is 1.78. The molecule has 0 aliphatic carbocycles. The summed E-state index contributed by atoms with van der Waals surface area (Å²) < 4.78 is 5.14. The summed E-state index contributed by atoms with van der Waals surface area (Å²) in [4.78, 5) is 0. The molecule has 92 valence electrons. The lowest BCUT2D eigenvalue weighted by Crippen LogP contribution is -2.32. The van der Waals surface area contributed by atoms with Crippen LogP contribution in [0.4, 0.5) is 0 Å². The molecule has 1 N–H and O–H groups in total. The van der Waals surface area contributed by atoms with Crippen LogP contribution in [0.1, 0.15) is 53.4 Å². The van der Waals surface area contributed by atoms with Gasteiger partial charge in [0.15, 0.2) is 0 Å². The van der Waals surface area contributed by atoms with E-state index in [9.17, 15) is 0 Å². The maximum absolute atomic E-state index is 5.14. The Hall–Kier alpha value is -0.0800. The predicted molar refractivity (Wildman–Crippen MR) is 67.3 cm³/mol. The Kier molecular flexibility index (Phi) is 8.07. The minimum atomic E-state index is 0.444. The molecule has 0 radical (unpaired) electrons. The highest BCUT2D eigenvalue weighted by atomic mass is 16.5. The second kappa shape index (κ2) is 8.12. The highest BCUT2D eigenvalue weighted by Crippen LogP contribution is 2.22. The Balaban J connectivity index is 3.78. The fourth-order valence-electron chi connectivity index (χ4n) is 1.56. The quantitative estimate of drug-likeness (QED) is 0.671. The van der Waals surface area contributed by atoms with E-state index in [0.717, 1.165) is 19.6 Å². The molecule has 0 bridgehead atoms. The van der Waals surface area contributed by atoms with Gasteiger partial charge >= 0.3 is 0 Å². The van der Waals surface area contributed by atoms with Crippen LogP contribution in [0.15, 0.2) is 0 Å². The standard InChI is InChI=1S/C13H29NO/c1-6-10-14-12(8-11-15-5)7-9-13(2,3)4/h12,14H,6-11H2,1-5H3. The van der Waals surface area contributed by atoms with Crippen molar-refractivity contribution in [2.75, 3.05) is 20.3 Å². The van der Waals surface area contributed by atoms with Gasteiger partial charge in [-0.15, -0.1) is 0 Å². The van der Waals surface area contributed by atoms with Gasteiger partial charge in [-0.2, -0.15) is 0 Å². The van der Waals surface area contributed by atoms with Gasteiger partial charge in [-0.05, 0) is 37.6 Å². The Morgan fingerprint density at radius 1 is 1.20 bits per heavy atom. The van der Waals surface area contributed by atoms with Gasteiger partial charge in [0, 0.05) is 19.8 Å². The third-order valence-corrected chi connectivity index (χ3v) is 2.60. The van der Waals surface area contributed by atoms with Crippen molar-refractivity contribution in [2.45, 2.75) is 59.4 Å². The molecule has 0 heterocycles.